The van der Waals surface area contributed by atoms with E-state index in [0.717, 1.165) is 6.61 Å². The second kappa shape index (κ2) is 2.67. The zero-order valence-electron chi connectivity index (χ0n) is 4.76. The summed E-state index contributed by atoms with van der Waals surface area (Å²) in [4.78, 5) is 0. The predicted octanol–water partition coefficient (Wildman–Crippen LogP) is 0.987. The van der Waals surface area contributed by atoms with E-state index in [-0.39, 0.29) is 5.56 Å². The van der Waals surface area contributed by atoms with Gasteiger partial charge in [-0.15, -0.1) is 0 Å². The van der Waals surface area contributed by atoms with Crippen LogP contribution < -0.4 is 0 Å². The second-order valence-electron chi connectivity index (χ2n) is 1.83. The van der Waals surface area contributed by atoms with Gasteiger partial charge in [0.2, 0.25) is 0 Å². The van der Waals surface area contributed by atoms with Crippen molar-refractivity contribution < 1.29 is 9.47 Å². The maximum absolute atomic E-state index is 5.47. The molecule has 8 heavy (non-hydrogen) atoms. The van der Waals surface area contributed by atoms with Crippen molar-refractivity contribution in [2.24, 2.45) is 0 Å². The molecular formula is C5H9ClO2. The minimum absolute atomic E-state index is 0.181. The van der Waals surface area contributed by atoms with Crippen molar-refractivity contribution in [3.8, 4) is 0 Å². The smallest absolute Gasteiger partial charge is 0.128 e. The van der Waals surface area contributed by atoms with Crippen molar-refractivity contribution in [1.29, 1.82) is 0 Å². The summed E-state index contributed by atoms with van der Waals surface area (Å²) in [7, 11) is 0. The van der Waals surface area contributed by atoms with Gasteiger partial charge in [-0.2, -0.15) is 0 Å². The summed E-state index contributed by atoms with van der Waals surface area (Å²) in [6.07, 6.45) is 0.330. The number of hydrogen-bond acceptors (Lipinski definition) is 2. The molecule has 0 radical (unpaired) electrons. The monoisotopic (exact) mass is 136 g/mol. The van der Waals surface area contributed by atoms with Crippen molar-refractivity contribution >= 4 is 11.6 Å². The fraction of sp³-hybridized carbons (Fsp3) is 1.00. The number of rotatable bonds is 3. The Labute approximate surface area is 53.7 Å². The molecule has 2 nitrogen and oxygen atoms in total. The van der Waals surface area contributed by atoms with E-state index in [4.69, 9.17) is 21.1 Å². The van der Waals surface area contributed by atoms with Gasteiger partial charge in [-0.05, 0) is 6.92 Å². The summed E-state index contributed by atoms with van der Waals surface area (Å²) >= 11 is 5.47. The maximum Gasteiger partial charge on any atom is 0.128 e. The van der Waals surface area contributed by atoms with E-state index in [9.17, 15) is 0 Å². The van der Waals surface area contributed by atoms with Crippen molar-refractivity contribution in [3.63, 3.8) is 0 Å². The zero-order chi connectivity index (χ0) is 5.98. The first-order valence-corrected chi connectivity index (χ1v) is 3.10. The van der Waals surface area contributed by atoms with Crippen LogP contribution in [-0.2, 0) is 9.47 Å². The molecule has 0 aromatic carbocycles. The Morgan fingerprint density at radius 2 is 2.62 bits per heavy atom. The normalized spacial score (nSPS) is 30.0. The zero-order valence-corrected chi connectivity index (χ0v) is 5.52. The quantitative estimate of drug-likeness (QED) is 0.426. The summed E-state index contributed by atoms with van der Waals surface area (Å²) in [5.74, 6) is 0. The van der Waals surface area contributed by atoms with Gasteiger partial charge in [0.25, 0.3) is 0 Å². The largest absolute Gasteiger partial charge is 0.371 e. The molecule has 0 saturated carbocycles. The first-order chi connectivity index (χ1) is 3.79. The first kappa shape index (κ1) is 6.33. The Balaban J connectivity index is 1.87. The van der Waals surface area contributed by atoms with Crippen LogP contribution >= 0.6 is 11.6 Å². The lowest BCUT2D eigenvalue weighted by atomic mass is 10.5. The lowest BCUT2D eigenvalue weighted by Crippen LogP contribution is -2.05. The van der Waals surface area contributed by atoms with E-state index >= 15 is 0 Å². The summed E-state index contributed by atoms with van der Waals surface area (Å²) < 4.78 is 9.88. The Morgan fingerprint density at radius 3 is 3.00 bits per heavy atom. The summed E-state index contributed by atoms with van der Waals surface area (Å²) in [6.45, 7) is 3.28. The number of hydrogen-bond donors (Lipinski definition) is 0. The topological polar surface area (TPSA) is 21.8 Å². The van der Waals surface area contributed by atoms with Gasteiger partial charge in [-0.3, -0.25) is 0 Å². The third kappa shape index (κ3) is 2.50. The van der Waals surface area contributed by atoms with E-state index in [2.05, 4.69) is 0 Å². The first-order valence-electron chi connectivity index (χ1n) is 2.66. The molecule has 0 bridgehead atoms. The van der Waals surface area contributed by atoms with Crippen LogP contribution in [0.3, 0.4) is 0 Å². The van der Waals surface area contributed by atoms with Crippen LogP contribution in [0.5, 0.6) is 0 Å². The Kier molecular flexibility index (Phi) is 2.11. The van der Waals surface area contributed by atoms with Gasteiger partial charge in [-0.25, -0.2) is 0 Å². The van der Waals surface area contributed by atoms with E-state index in [1.54, 1.807) is 6.92 Å². The average molecular weight is 137 g/mol. The summed E-state index contributed by atoms with van der Waals surface area (Å²) in [5, 5.41) is 0. The molecule has 3 heteroatoms. The molecule has 0 N–H and O–H groups in total. The lowest BCUT2D eigenvalue weighted by Gasteiger charge is -2.00. The van der Waals surface area contributed by atoms with Crippen molar-refractivity contribution in [2.75, 3.05) is 13.2 Å². The van der Waals surface area contributed by atoms with Crippen LogP contribution in [0, 0.1) is 0 Å². The Morgan fingerprint density at radius 1 is 2.00 bits per heavy atom. The van der Waals surface area contributed by atoms with E-state index in [1.165, 1.54) is 0 Å². The molecule has 1 heterocycles. The number of ether oxygens (including phenoxy) is 2. The average Bonchev–Trinajstić information content (AvgIpc) is 2.41. The molecule has 0 aromatic rings. The van der Waals surface area contributed by atoms with Crippen LogP contribution in [0.15, 0.2) is 0 Å². The molecule has 48 valence electrons. The summed E-state index contributed by atoms with van der Waals surface area (Å²) in [5.41, 5.74) is -0.181. The van der Waals surface area contributed by atoms with Crippen molar-refractivity contribution in [3.05, 3.63) is 0 Å². The third-order valence-corrected chi connectivity index (χ3v) is 1.04. The molecule has 2 atom stereocenters. The second-order valence-corrected chi connectivity index (χ2v) is 2.45. The van der Waals surface area contributed by atoms with Gasteiger partial charge in [0.05, 0.1) is 13.2 Å². The highest BCUT2D eigenvalue weighted by atomic mass is 35.5. The molecule has 1 rings (SSSR count). The van der Waals surface area contributed by atoms with Crippen LogP contribution in [0.4, 0.5) is 0 Å². The lowest BCUT2D eigenvalue weighted by molar-refractivity contribution is 0.103. The van der Waals surface area contributed by atoms with Gasteiger partial charge in [0.1, 0.15) is 11.7 Å². The minimum atomic E-state index is -0.181. The highest BCUT2D eigenvalue weighted by Crippen LogP contribution is 2.10. The summed E-state index contributed by atoms with van der Waals surface area (Å²) in [6, 6.07) is 0. The molecule has 0 aromatic heterocycles. The van der Waals surface area contributed by atoms with E-state index in [0.29, 0.717) is 12.7 Å². The van der Waals surface area contributed by atoms with Gasteiger partial charge < -0.3 is 9.47 Å². The number of alkyl halides is 1. The van der Waals surface area contributed by atoms with Gasteiger partial charge >= 0.3 is 0 Å². The van der Waals surface area contributed by atoms with Crippen LogP contribution in [0.1, 0.15) is 6.92 Å². The van der Waals surface area contributed by atoms with Crippen molar-refractivity contribution in [1.82, 2.24) is 0 Å². The van der Waals surface area contributed by atoms with E-state index in [1.807, 2.05) is 0 Å². The SMILES string of the molecule is CC(Cl)OCC1CO1. The van der Waals surface area contributed by atoms with E-state index < -0.39 is 0 Å². The standard InChI is InChI=1S/C5H9ClO2/c1-4(6)7-2-5-3-8-5/h4-5H,2-3H2,1H3. The fourth-order valence-corrected chi connectivity index (χ4v) is 0.477. The molecular weight excluding hydrogens is 128 g/mol. The minimum Gasteiger partial charge on any atom is -0.371 e. The van der Waals surface area contributed by atoms with Crippen LogP contribution in [0.25, 0.3) is 0 Å². The molecule has 1 aliphatic rings. The molecule has 1 saturated heterocycles. The third-order valence-electron chi connectivity index (χ3n) is 0.914. The molecule has 0 spiro atoms. The Bertz CT molecular complexity index is 68.8. The fourth-order valence-electron chi connectivity index (χ4n) is 0.404. The number of epoxide rings is 1. The molecule has 1 aliphatic heterocycles. The van der Waals surface area contributed by atoms with Crippen LogP contribution in [-0.4, -0.2) is 24.9 Å². The van der Waals surface area contributed by atoms with Crippen molar-refractivity contribution in [2.45, 2.75) is 18.6 Å². The predicted molar refractivity (Wildman–Crippen MR) is 31.0 cm³/mol. The molecule has 1 fully saturated rings. The molecule has 0 amide bonds. The Hall–Kier alpha value is 0.210. The maximum atomic E-state index is 5.47. The number of halogens is 1. The molecule has 2 unspecified atom stereocenters. The van der Waals surface area contributed by atoms with Gasteiger partial charge in [0, 0.05) is 0 Å². The highest BCUT2D eigenvalue weighted by Gasteiger charge is 2.22. The van der Waals surface area contributed by atoms with Gasteiger partial charge in [-0.1, -0.05) is 11.6 Å². The molecule has 0 aliphatic carbocycles. The van der Waals surface area contributed by atoms with Crippen LogP contribution in [0.2, 0.25) is 0 Å². The van der Waals surface area contributed by atoms with Gasteiger partial charge in [0.15, 0.2) is 0 Å². The highest BCUT2D eigenvalue weighted by molar-refractivity contribution is 6.19.